The Morgan fingerprint density at radius 1 is 1.05 bits per heavy atom. The zero-order valence-electron chi connectivity index (χ0n) is 11.0. The number of ether oxygens (including phenoxy) is 1. The van der Waals surface area contributed by atoms with E-state index in [2.05, 4.69) is 0 Å². The molecule has 0 unspecified atom stereocenters. The summed E-state index contributed by atoms with van der Waals surface area (Å²) >= 11 is 0. The molecule has 8 nitrogen and oxygen atoms in total. The van der Waals surface area contributed by atoms with E-state index in [1.165, 1.54) is 30.3 Å². The predicted octanol–water partition coefficient (Wildman–Crippen LogP) is 3.19. The van der Waals surface area contributed by atoms with Crippen molar-refractivity contribution in [2.24, 2.45) is 0 Å². The van der Waals surface area contributed by atoms with Crippen molar-refractivity contribution in [2.45, 2.75) is 6.92 Å². The van der Waals surface area contributed by atoms with Crippen molar-refractivity contribution in [3.63, 3.8) is 0 Å². The Morgan fingerprint density at radius 3 is 2.33 bits per heavy atom. The summed E-state index contributed by atoms with van der Waals surface area (Å²) in [6.07, 6.45) is 0. The smallest absolute Gasteiger partial charge is 0.292 e. The Balaban J connectivity index is 2.34. The molecule has 0 saturated carbocycles. The van der Waals surface area contributed by atoms with Gasteiger partial charge in [0.25, 0.3) is 11.4 Å². The lowest BCUT2D eigenvalue weighted by Gasteiger charge is -2.09. The van der Waals surface area contributed by atoms with Crippen LogP contribution < -0.4 is 10.5 Å². The second kappa shape index (κ2) is 5.45. The third-order valence-electron chi connectivity index (χ3n) is 2.81. The Bertz CT molecular complexity index is 730. The highest BCUT2D eigenvalue weighted by molar-refractivity contribution is 5.61. The van der Waals surface area contributed by atoms with Crippen LogP contribution in [0.25, 0.3) is 0 Å². The van der Waals surface area contributed by atoms with Gasteiger partial charge in [-0.1, -0.05) is 0 Å². The molecule has 2 aromatic rings. The number of nitro groups is 2. The minimum atomic E-state index is -0.599. The summed E-state index contributed by atoms with van der Waals surface area (Å²) < 4.78 is 5.51. The number of hydrogen-bond acceptors (Lipinski definition) is 6. The molecule has 0 aromatic heterocycles. The van der Waals surface area contributed by atoms with E-state index in [4.69, 9.17) is 10.5 Å². The van der Waals surface area contributed by atoms with Crippen molar-refractivity contribution in [1.29, 1.82) is 0 Å². The summed E-state index contributed by atoms with van der Waals surface area (Å²) in [7, 11) is 0. The van der Waals surface area contributed by atoms with Gasteiger partial charge in [0, 0.05) is 18.2 Å². The molecule has 0 bridgehead atoms. The van der Waals surface area contributed by atoms with E-state index < -0.39 is 9.85 Å². The monoisotopic (exact) mass is 289 g/mol. The first-order valence-corrected chi connectivity index (χ1v) is 5.85. The van der Waals surface area contributed by atoms with Gasteiger partial charge in [-0.3, -0.25) is 20.2 Å². The number of nitrogen functional groups attached to an aromatic ring is 1. The average molecular weight is 289 g/mol. The lowest BCUT2D eigenvalue weighted by molar-refractivity contribution is -0.385. The first-order valence-electron chi connectivity index (χ1n) is 5.85. The topological polar surface area (TPSA) is 122 Å². The highest BCUT2D eigenvalue weighted by atomic mass is 16.6. The molecular weight excluding hydrogens is 278 g/mol. The van der Waals surface area contributed by atoms with Crippen molar-refractivity contribution in [1.82, 2.24) is 0 Å². The molecule has 0 atom stereocenters. The molecular formula is C13H11N3O5. The first kappa shape index (κ1) is 14.3. The summed E-state index contributed by atoms with van der Waals surface area (Å²) in [6, 6.07) is 8.11. The van der Waals surface area contributed by atoms with Gasteiger partial charge < -0.3 is 10.5 Å². The highest BCUT2D eigenvalue weighted by Crippen LogP contribution is 2.32. The molecule has 2 N–H and O–H groups in total. The molecule has 0 saturated heterocycles. The third-order valence-corrected chi connectivity index (χ3v) is 2.81. The van der Waals surface area contributed by atoms with E-state index in [0.717, 1.165) is 0 Å². The summed E-state index contributed by atoms with van der Waals surface area (Å²) in [4.78, 5) is 20.3. The minimum absolute atomic E-state index is 0.0411. The number of anilines is 1. The molecule has 0 heterocycles. The minimum Gasteiger partial charge on any atom is -0.457 e. The third kappa shape index (κ3) is 3.06. The molecule has 0 aliphatic heterocycles. The normalized spacial score (nSPS) is 10.1. The summed E-state index contributed by atoms with van der Waals surface area (Å²) in [5, 5.41) is 21.4. The van der Waals surface area contributed by atoms with Crippen LogP contribution in [0.4, 0.5) is 17.1 Å². The van der Waals surface area contributed by atoms with E-state index in [9.17, 15) is 20.2 Å². The quantitative estimate of drug-likeness (QED) is 0.524. The number of aryl methyl sites for hydroxylation is 1. The van der Waals surface area contributed by atoms with Crippen molar-refractivity contribution >= 4 is 17.1 Å². The molecule has 0 spiro atoms. The van der Waals surface area contributed by atoms with Gasteiger partial charge in [0.1, 0.15) is 17.2 Å². The molecule has 108 valence electrons. The van der Waals surface area contributed by atoms with Crippen LogP contribution >= 0.6 is 0 Å². The average Bonchev–Trinajstić information content (AvgIpc) is 2.40. The van der Waals surface area contributed by atoms with E-state index in [0.29, 0.717) is 5.56 Å². The maximum absolute atomic E-state index is 10.7. The summed E-state index contributed by atoms with van der Waals surface area (Å²) in [5.41, 5.74) is 5.88. The van der Waals surface area contributed by atoms with Crippen LogP contribution in [-0.2, 0) is 0 Å². The molecule has 0 aliphatic carbocycles. The number of benzene rings is 2. The number of nitrogens with two attached hydrogens (primary N) is 1. The molecule has 21 heavy (non-hydrogen) atoms. The molecule has 2 rings (SSSR count). The zero-order valence-corrected chi connectivity index (χ0v) is 11.0. The Hall–Kier alpha value is -3.16. The van der Waals surface area contributed by atoms with E-state index in [-0.39, 0.29) is 28.6 Å². The van der Waals surface area contributed by atoms with Crippen LogP contribution in [0, 0.1) is 27.2 Å². The van der Waals surface area contributed by atoms with Crippen molar-refractivity contribution in [2.75, 3.05) is 5.73 Å². The number of non-ortho nitro benzene ring substituents is 1. The second-order valence-electron chi connectivity index (χ2n) is 4.29. The SMILES string of the molecule is Cc1ccc([N+](=O)[O-])cc1Oc1ccc([N+](=O)[O-])c(N)c1. The van der Waals surface area contributed by atoms with Crippen LogP contribution in [0.1, 0.15) is 5.56 Å². The molecule has 0 aliphatic rings. The van der Waals surface area contributed by atoms with Gasteiger partial charge in [-0.05, 0) is 24.6 Å². The van der Waals surface area contributed by atoms with Crippen molar-refractivity contribution < 1.29 is 14.6 Å². The second-order valence-corrected chi connectivity index (χ2v) is 4.29. The Kier molecular flexibility index (Phi) is 3.70. The maximum Gasteiger partial charge on any atom is 0.292 e. The fourth-order valence-electron chi connectivity index (χ4n) is 1.70. The number of nitro benzene ring substituents is 2. The number of hydrogen-bond donors (Lipinski definition) is 1. The van der Waals surface area contributed by atoms with Crippen LogP contribution in [0.2, 0.25) is 0 Å². The maximum atomic E-state index is 10.7. The van der Waals surface area contributed by atoms with Gasteiger partial charge in [0.15, 0.2) is 0 Å². The van der Waals surface area contributed by atoms with Gasteiger partial charge in [-0.25, -0.2) is 0 Å². The van der Waals surface area contributed by atoms with Crippen molar-refractivity contribution in [3.05, 3.63) is 62.2 Å². The fraction of sp³-hybridized carbons (Fsp3) is 0.0769. The lowest BCUT2D eigenvalue weighted by atomic mass is 10.2. The largest absolute Gasteiger partial charge is 0.457 e. The van der Waals surface area contributed by atoms with Crippen LogP contribution in [0.5, 0.6) is 11.5 Å². The summed E-state index contributed by atoms with van der Waals surface area (Å²) in [6.45, 7) is 1.73. The summed E-state index contributed by atoms with van der Waals surface area (Å²) in [5.74, 6) is 0.555. The zero-order chi connectivity index (χ0) is 15.6. The van der Waals surface area contributed by atoms with E-state index in [1.807, 2.05) is 0 Å². The van der Waals surface area contributed by atoms with E-state index in [1.54, 1.807) is 13.0 Å². The Labute approximate surface area is 119 Å². The van der Waals surface area contributed by atoms with Crippen LogP contribution in [0.15, 0.2) is 36.4 Å². The molecule has 8 heteroatoms. The van der Waals surface area contributed by atoms with Crippen LogP contribution in [-0.4, -0.2) is 9.85 Å². The van der Waals surface area contributed by atoms with Gasteiger partial charge in [-0.2, -0.15) is 0 Å². The predicted molar refractivity (Wildman–Crippen MR) is 75.4 cm³/mol. The first-order chi connectivity index (χ1) is 9.88. The number of nitrogens with zero attached hydrogens (tertiary/aromatic N) is 2. The van der Waals surface area contributed by atoms with Gasteiger partial charge in [0.2, 0.25) is 0 Å². The fourth-order valence-corrected chi connectivity index (χ4v) is 1.70. The van der Waals surface area contributed by atoms with Gasteiger partial charge in [0.05, 0.1) is 15.9 Å². The van der Waals surface area contributed by atoms with Crippen LogP contribution in [0.3, 0.4) is 0 Å². The lowest BCUT2D eigenvalue weighted by Crippen LogP contribution is -1.97. The number of rotatable bonds is 4. The molecule has 0 radical (unpaired) electrons. The Morgan fingerprint density at radius 2 is 1.76 bits per heavy atom. The van der Waals surface area contributed by atoms with Crippen molar-refractivity contribution in [3.8, 4) is 11.5 Å². The highest BCUT2D eigenvalue weighted by Gasteiger charge is 2.14. The molecule has 2 aromatic carbocycles. The molecule has 0 fully saturated rings. The van der Waals surface area contributed by atoms with Gasteiger partial charge >= 0.3 is 0 Å². The van der Waals surface area contributed by atoms with E-state index >= 15 is 0 Å². The van der Waals surface area contributed by atoms with Gasteiger partial charge in [-0.15, -0.1) is 0 Å². The standard InChI is InChI=1S/C13H11N3O5/c1-8-2-3-9(15(17)18)6-13(8)21-10-4-5-12(16(19)20)11(14)7-10/h2-7H,14H2,1H3. The molecule has 0 amide bonds.